The second-order valence-corrected chi connectivity index (χ2v) is 6.44. The van der Waals surface area contributed by atoms with Crippen LogP contribution in [0.4, 0.5) is 9.18 Å². The fourth-order valence-electron chi connectivity index (χ4n) is 3.30. The Labute approximate surface area is 130 Å². The molecule has 1 aliphatic heterocycles. The first-order chi connectivity index (χ1) is 10.0. The highest BCUT2D eigenvalue weighted by atomic mass is 79.9. The van der Waals surface area contributed by atoms with E-state index in [4.69, 9.17) is 0 Å². The van der Waals surface area contributed by atoms with Gasteiger partial charge in [-0.3, -0.25) is 10.1 Å². The molecule has 2 aliphatic rings. The van der Waals surface area contributed by atoms with E-state index in [1.807, 2.05) is 0 Å². The second kappa shape index (κ2) is 5.40. The summed E-state index contributed by atoms with van der Waals surface area (Å²) in [6.07, 6.45) is 4.30. The zero-order valence-corrected chi connectivity index (χ0v) is 13.1. The normalized spacial score (nSPS) is 21.0. The molecule has 1 heterocycles. The Kier molecular flexibility index (Phi) is 3.73. The Morgan fingerprint density at radius 2 is 1.95 bits per heavy atom. The van der Waals surface area contributed by atoms with Gasteiger partial charge >= 0.3 is 6.03 Å². The van der Waals surface area contributed by atoms with E-state index >= 15 is 0 Å². The third-order valence-electron chi connectivity index (χ3n) is 4.45. The van der Waals surface area contributed by atoms with Crippen LogP contribution in [-0.4, -0.2) is 22.4 Å². The van der Waals surface area contributed by atoms with Crippen LogP contribution in [0.3, 0.4) is 0 Å². The van der Waals surface area contributed by atoms with E-state index in [1.54, 1.807) is 17.0 Å². The van der Waals surface area contributed by atoms with Gasteiger partial charge < -0.3 is 4.90 Å². The lowest BCUT2D eigenvalue weighted by molar-refractivity contribution is -0.128. The first kappa shape index (κ1) is 14.5. The van der Waals surface area contributed by atoms with Gasteiger partial charge in [0.1, 0.15) is 11.4 Å². The van der Waals surface area contributed by atoms with Crippen LogP contribution in [-0.2, 0) is 11.3 Å². The van der Waals surface area contributed by atoms with Gasteiger partial charge in [0.25, 0.3) is 5.91 Å². The summed E-state index contributed by atoms with van der Waals surface area (Å²) in [6.45, 7) is 0.232. The van der Waals surface area contributed by atoms with E-state index in [0.29, 0.717) is 22.9 Å². The lowest BCUT2D eigenvalue weighted by Gasteiger charge is -2.38. The van der Waals surface area contributed by atoms with Crippen molar-refractivity contribution in [2.75, 3.05) is 0 Å². The molecule has 0 bridgehead atoms. The lowest BCUT2D eigenvalue weighted by Crippen LogP contribution is -2.50. The van der Waals surface area contributed by atoms with Crippen LogP contribution in [0.1, 0.15) is 37.7 Å². The quantitative estimate of drug-likeness (QED) is 0.828. The molecular formula is C15H16BrFN2O2. The average molecular weight is 355 g/mol. The monoisotopic (exact) mass is 354 g/mol. The summed E-state index contributed by atoms with van der Waals surface area (Å²) in [5.74, 6) is -0.573. The molecule has 1 aliphatic carbocycles. The Bertz CT molecular complexity index is 599. The number of urea groups is 1. The number of rotatable bonds is 2. The number of carbonyl (C=O) groups excluding carboxylic acids is 2. The van der Waals surface area contributed by atoms with Crippen molar-refractivity contribution >= 4 is 27.9 Å². The maximum absolute atomic E-state index is 13.6. The van der Waals surface area contributed by atoms with Crippen molar-refractivity contribution < 1.29 is 14.0 Å². The van der Waals surface area contributed by atoms with E-state index in [1.165, 1.54) is 6.07 Å². The van der Waals surface area contributed by atoms with Gasteiger partial charge in [-0.05, 0) is 40.4 Å². The zero-order chi connectivity index (χ0) is 15.0. The van der Waals surface area contributed by atoms with E-state index < -0.39 is 5.54 Å². The lowest BCUT2D eigenvalue weighted by atomic mass is 9.80. The second-order valence-electron chi connectivity index (χ2n) is 5.65. The summed E-state index contributed by atoms with van der Waals surface area (Å²) in [7, 11) is 0. The van der Waals surface area contributed by atoms with Gasteiger partial charge in [0, 0.05) is 6.54 Å². The number of amides is 3. The van der Waals surface area contributed by atoms with Crippen molar-refractivity contribution in [3.05, 3.63) is 34.1 Å². The van der Waals surface area contributed by atoms with Gasteiger partial charge in [0.2, 0.25) is 0 Å². The molecule has 1 saturated heterocycles. The number of benzene rings is 1. The van der Waals surface area contributed by atoms with Crippen molar-refractivity contribution in [1.29, 1.82) is 0 Å². The Morgan fingerprint density at radius 1 is 1.24 bits per heavy atom. The van der Waals surface area contributed by atoms with Gasteiger partial charge in [-0.15, -0.1) is 0 Å². The number of nitrogens with zero attached hydrogens (tertiary/aromatic N) is 1. The van der Waals surface area contributed by atoms with Gasteiger partial charge in [-0.25, -0.2) is 9.18 Å². The third kappa shape index (κ3) is 2.35. The first-order valence-electron chi connectivity index (χ1n) is 7.10. The summed E-state index contributed by atoms with van der Waals surface area (Å²) >= 11 is 3.22. The molecule has 3 rings (SSSR count). The van der Waals surface area contributed by atoms with Crippen molar-refractivity contribution in [1.82, 2.24) is 10.2 Å². The predicted molar refractivity (Wildman–Crippen MR) is 79.0 cm³/mol. The van der Waals surface area contributed by atoms with Crippen molar-refractivity contribution in [3.8, 4) is 0 Å². The molecule has 0 atom stereocenters. The summed E-state index contributed by atoms with van der Waals surface area (Å²) in [5.41, 5.74) is -0.0778. The average Bonchev–Trinajstić information content (AvgIpc) is 2.69. The smallest absolute Gasteiger partial charge is 0.305 e. The number of halogens is 2. The van der Waals surface area contributed by atoms with E-state index in [9.17, 15) is 14.0 Å². The van der Waals surface area contributed by atoms with Gasteiger partial charge in [0.15, 0.2) is 0 Å². The zero-order valence-electron chi connectivity index (χ0n) is 11.5. The number of nitrogens with one attached hydrogen (secondary N) is 1. The van der Waals surface area contributed by atoms with E-state index in [0.717, 1.165) is 19.3 Å². The van der Waals surface area contributed by atoms with Crippen LogP contribution in [0.25, 0.3) is 0 Å². The standard InChI is InChI=1S/C15H16BrFN2O2/c16-12-10(5-4-6-11(12)17)9-19-14(21)18-13(20)15(19)7-2-1-3-8-15/h4-6H,1-3,7-9H2,(H,18,20,21). The fourth-order valence-corrected chi connectivity index (χ4v) is 3.69. The molecule has 21 heavy (non-hydrogen) atoms. The Morgan fingerprint density at radius 3 is 2.67 bits per heavy atom. The molecule has 1 N–H and O–H groups in total. The molecule has 0 unspecified atom stereocenters. The van der Waals surface area contributed by atoms with Crippen molar-refractivity contribution in [2.45, 2.75) is 44.2 Å². The molecule has 112 valence electrons. The van der Waals surface area contributed by atoms with Crippen molar-refractivity contribution in [2.24, 2.45) is 0 Å². The minimum absolute atomic E-state index is 0.209. The molecule has 6 heteroatoms. The SMILES string of the molecule is O=C1NC(=O)C2(CCCCC2)N1Cc1cccc(F)c1Br. The number of imide groups is 1. The topological polar surface area (TPSA) is 49.4 Å². The van der Waals surface area contributed by atoms with E-state index in [2.05, 4.69) is 21.2 Å². The maximum Gasteiger partial charge on any atom is 0.325 e. The largest absolute Gasteiger partial charge is 0.325 e. The number of hydrogen-bond donors (Lipinski definition) is 1. The highest BCUT2D eigenvalue weighted by molar-refractivity contribution is 9.10. The minimum Gasteiger partial charge on any atom is -0.305 e. The third-order valence-corrected chi connectivity index (χ3v) is 5.33. The van der Waals surface area contributed by atoms with Gasteiger partial charge in [-0.2, -0.15) is 0 Å². The van der Waals surface area contributed by atoms with E-state index in [-0.39, 0.29) is 24.3 Å². The summed E-state index contributed by atoms with van der Waals surface area (Å²) in [4.78, 5) is 26.0. The Balaban J connectivity index is 1.93. The molecule has 1 aromatic carbocycles. The molecule has 4 nitrogen and oxygen atoms in total. The van der Waals surface area contributed by atoms with Crippen LogP contribution in [0, 0.1) is 5.82 Å². The van der Waals surface area contributed by atoms with Gasteiger partial charge in [-0.1, -0.05) is 31.4 Å². The maximum atomic E-state index is 13.6. The van der Waals surface area contributed by atoms with Crippen molar-refractivity contribution in [3.63, 3.8) is 0 Å². The number of hydrogen-bond acceptors (Lipinski definition) is 2. The predicted octanol–water partition coefficient (Wildman–Crippen LogP) is 3.34. The molecule has 1 saturated carbocycles. The highest BCUT2D eigenvalue weighted by Gasteiger charge is 2.52. The summed E-state index contributed by atoms with van der Waals surface area (Å²) < 4.78 is 14.0. The fraction of sp³-hybridized carbons (Fsp3) is 0.467. The molecule has 2 fully saturated rings. The van der Waals surface area contributed by atoms with Gasteiger partial charge in [0.05, 0.1) is 4.47 Å². The summed E-state index contributed by atoms with van der Waals surface area (Å²) in [5, 5.41) is 2.42. The first-order valence-corrected chi connectivity index (χ1v) is 7.90. The molecule has 3 amide bonds. The van der Waals surface area contributed by atoms with Crippen LogP contribution in [0.5, 0.6) is 0 Å². The van der Waals surface area contributed by atoms with Crippen LogP contribution in [0.2, 0.25) is 0 Å². The Hall–Kier alpha value is -1.43. The minimum atomic E-state index is -0.749. The molecule has 1 spiro atoms. The summed E-state index contributed by atoms with van der Waals surface area (Å²) in [6, 6.07) is 4.36. The number of carbonyl (C=O) groups is 2. The molecule has 1 aromatic rings. The highest BCUT2D eigenvalue weighted by Crippen LogP contribution is 2.38. The molecule has 0 radical (unpaired) electrons. The van der Waals surface area contributed by atoms with Crippen LogP contribution in [0.15, 0.2) is 22.7 Å². The van der Waals surface area contributed by atoms with Crippen LogP contribution >= 0.6 is 15.9 Å². The molecular weight excluding hydrogens is 339 g/mol. The van der Waals surface area contributed by atoms with Crippen LogP contribution < -0.4 is 5.32 Å². The molecule has 0 aromatic heterocycles.